The summed E-state index contributed by atoms with van der Waals surface area (Å²) in [6.45, 7) is 2.74. The van der Waals surface area contributed by atoms with Crippen LogP contribution in [0.2, 0.25) is 0 Å². The summed E-state index contributed by atoms with van der Waals surface area (Å²) in [7, 11) is 1.23. The van der Waals surface area contributed by atoms with Crippen molar-refractivity contribution in [3.63, 3.8) is 0 Å². The van der Waals surface area contributed by atoms with Crippen LogP contribution in [0.15, 0.2) is 84.9 Å². The number of hydrogen-bond donors (Lipinski definition) is 3. The lowest BCUT2D eigenvalue weighted by atomic mass is 9.91. The number of nitrogens with zero attached hydrogens (tertiary/aromatic N) is 1. The molecule has 2 atom stereocenters. The Morgan fingerprint density at radius 1 is 0.956 bits per heavy atom. The fraction of sp³-hybridized carbons (Fsp3) is 0.229. The number of amides is 2. The molecular weight excluding hydrogens is 574 g/mol. The number of carboxylic acids is 1. The molecule has 4 aromatic carbocycles. The first kappa shape index (κ1) is 30.9. The summed E-state index contributed by atoms with van der Waals surface area (Å²) in [6, 6.07) is 24.2. The van der Waals surface area contributed by atoms with Crippen molar-refractivity contribution in [3.05, 3.63) is 113 Å². The number of carbonyl (C=O) groups is 4. The number of likely N-dealkylation sites (tertiary alicyclic amines) is 1. The Hall–Kier alpha value is -5.51. The molecule has 0 aromatic heterocycles. The number of ether oxygens (including phenoxy) is 2. The summed E-state index contributed by atoms with van der Waals surface area (Å²) in [5, 5.41) is 22.8. The summed E-state index contributed by atoms with van der Waals surface area (Å²) >= 11 is 0. The Bertz CT molecular complexity index is 1780. The van der Waals surface area contributed by atoms with Crippen LogP contribution in [0.25, 0.3) is 10.8 Å². The Morgan fingerprint density at radius 2 is 1.67 bits per heavy atom. The number of amidine groups is 1. The minimum absolute atomic E-state index is 0.0225. The van der Waals surface area contributed by atoms with Gasteiger partial charge < -0.3 is 24.8 Å². The van der Waals surface area contributed by atoms with Gasteiger partial charge >= 0.3 is 11.9 Å². The molecular formula is C35H33N3O7. The second-order valence-electron chi connectivity index (χ2n) is 10.9. The Kier molecular flexibility index (Phi) is 9.22. The second-order valence-corrected chi connectivity index (χ2v) is 10.9. The fourth-order valence-corrected chi connectivity index (χ4v) is 5.47. The van der Waals surface area contributed by atoms with E-state index in [1.165, 1.54) is 19.2 Å². The van der Waals surface area contributed by atoms with Crippen LogP contribution in [0, 0.1) is 5.41 Å². The van der Waals surface area contributed by atoms with Crippen molar-refractivity contribution >= 4 is 40.4 Å². The number of rotatable bonds is 9. The quantitative estimate of drug-likeness (QED) is 0.141. The molecule has 0 unspecified atom stereocenters. The topological polar surface area (TPSA) is 146 Å². The molecule has 0 radical (unpaired) electrons. The standard InChI is InChI=1S/C35H33N3O7/c1-21(39)38-16-15-28(20-38)45-27-13-11-24(12-14-27)31(34(41)42)18-22-7-8-23-9-10-25(19-26(23)17-22)32(36)37-33(40)29-5-3-4-6-30(29)35(43)44-2/h3-14,17,19,28,31H,15-16,18,20H2,1-2H3,(H,41,42)(H2,36,37,40)/t28-,31-/m0/s1. The van der Waals surface area contributed by atoms with Crippen LogP contribution in [-0.2, 0) is 20.7 Å². The molecule has 5 rings (SSSR count). The smallest absolute Gasteiger partial charge is 0.338 e. The van der Waals surface area contributed by atoms with E-state index < -0.39 is 23.8 Å². The predicted molar refractivity (Wildman–Crippen MR) is 168 cm³/mol. The summed E-state index contributed by atoms with van der Waals surface area (Å²) in [4.78, 5) is 50.7. The van der Waals surface area contributed by atoms with Gasteiger partial charge in [-0.25, -0.2) is 4.79 Å². The average molecular weight is 608 g/mol. The molecule has 1 heterocycles. The first-order chi connectivity index (χ1) is 21.6. The predicted octanol–water partition coefficient (Wildman–Crippen LogP) is 4.79. The number of fused-ring (bicyclic) bond motifs is 1. The van der Waals surface area contributed by atoms with Gasteiger partial charge in [0, 0.05) is 25.5 Å². The highest BCUT2D eigenvalue weighted by atomic mass is 16.5. The highest BCUT2D eigenvalue weighted by Gasteiger charge is 2.26. The molecule has 45 heavy (non-hydrogen) atoms. The van der Waals surface area contributed by atoms with Gasteiger partial charge in [-0.3, -0.25) is 19.8 Å². The van der Waals surface area contributed by atoms with Gasteiger partial charge in [-0.2, -0.15) is 0 Å². The molecule has 10 nitrogen and oxygen atoms in total. The molecule has 0 spiro atoms. The molecule has 1 aliphatic heterocycles. The average Bonchev–Trinajstić information content (AvgIpc) is 3.52. The number of esters is 1. The van der Waals surface area contributed by atoms with Crippen molar-refractivity contribution in [2.75, 3.05) is 20.2 Å². The number of nitrogens with one attached hydrogen (secondary N) is 2. The summed E-state index contributed by atoms with van der Waals surface area (Å²) in [6.07, 6.45) is 0.894. The molecule has 2 amide bonds. The van der Waals surface area contributed by atoms with Crippen molar-refractivity contribution in [2.24, 2.45) is 0 Å². The van der Waals surface area contributed by atoms with Crippen LogP contribution in [0.3, 0.4) is 0 Å². The third-order valence-corrected chi connectivity index (χ3v) is 7.92. The number of hydrogen-bond acceptors (Lipinski definition) is 7. The van der Waals surface area contributed by atoms with E-state index in [4.69, 9.17) is 14.9 Å². The third kappa shape index (κ3) is 7.18. The van der Waals surface area contributed by atoms with Crippen LogP contribution in [0.5, 0.6) is 5.75 Å². The molecule has 3 N–H and O–H groups in total. The molecule has 1 saturated heterocycles. The SMILES string of the molecule is COC(=O)c1ccccc1C(=O)NC(=N)c1ccc2ccc(C[C@H](C(=O)O)c3ccc(O[C@H]4CCN(C(C)=O)C4)cc3)cc2c1. The lowest BCUT2D eigenvalue weighted by molar-refractivity contribution is -0.138. The van der Waals surface area contributed by atoms with E-state index in [1.807, 2.05) is 24.3 Å². The molecule has 230 valence electrons. The van der Waals surface area contributed by atoms with E-state index in [-0.39, 0.29) is 35.4 Å². The van der Waals surface area contributed by atoms with Crippen LogP contribution in [0.1, 0.15) is 56.7 Å². The number of aliphatic carboxylic acids is 1. The Labute approximate surface area is 260 Å². The minimum Gasteiger partial charge on any atom is -0.489 e. The number of benzene rings is 4. The van der Waals surface area contributed by atoms with Crippen LogP contribution in [-0.4, -0.2) is 65.9 Å². The zero-order valence-corrected chi connectivity index (χ0v) is 24.9. The maximum absolute atomic E-state index is 12.9. The van der Waals surface area contributed by atoms with Gasteiger partial charge in [0.05, 0.1) is 30.7 Å². The van der Waals surface area contributed by atoms with E-state index in [0.29, 0.717) is 30.0 Å². The molecule has 0 saturated carbocycles. The number of methoxy groups -OCH3 is 1. The van der Waals surface area contributed by atoms with Gasteiger partial charge in [-0.05, 0) is 58.7 Å². The lowest BCUT2D eigenvalue weighted by Gasteiger charge is -2.17. The summed E-state index contributed by atoms with van der Waals surface area (Å²) in [5.74, 6) is -2.52. The largest absolute Gasteiger partial charge is 0.489 e. The van der Waals surface area contributed by atoms with Gasteiger partial charge in [0.15, 0.2) is 0 Å². The second kappa shape index (κ2) is 13.4. The third-order valence-electron chi connectivity index (χ3n) is 7.92. The van der Waals surface area contributed by atoms with E-state index in [9.17, 15) is 24.3 Å². The Balaban J connectivity index is 1.29. The molecule has 0 aliphatic carbocycles. The number of carboxylic acid groups (broad SMARTS) is 1. The first-order valence-corrected chi connectivity index (χ1v) is 14.5. The highest BCUT2D eigenvalue weighted by Crippen LogP contribution is 2.27. The summed E-state index contributed by atoms with van der Waals surface area (Å²) in [5.41, 5.74) is 2.07. The minimum atomic E-state index is -0.956. The maximum atomic E-state index is 12.9. The normalized spacial score (nSPS) is 14.9. The molecule has 0 bridgehead atoms. The van der Waals surface area contributed by atoms with E-state index in [1.54, 1.807) is 60.4 Å². The van der Waals surface area contributed by atoms with E-state index in [0.717, 1.165) is 22.8 Å². The first-order valence-electron chi connectivity index (χ1n) is 14.5. The van der Waals surface area contributed by atoms with Crippen molar-refractivity contribution in [1.29, 1.82) is 5.41 Å². The van der Waals surface area contributed by atoms with Gasteiger partial charge in [0.25, 0.3) is 5.91 Å². The van der Waals surface area contributed by atoms with Gasteiger partial charge in [0.1, 0.15) is 17.7 Å². The van der Waals surface area contributed by atoms with Crippen molar-refractivity contribution in [2.45, 2.75) is 31.8 Å². The van der Waals surface area contributed by atoms with Crippen molar-refractivity contribution in [3.8, 4) is 5.75 Å². The van der Waals surface area contributed by atoms with E-state index >= 15 is 0 Å². The number of carbonyl (C=O) groups excluding carboxylic acids is 3. The maximum Gasteiger partial charge on any atom is 0.338 e. The van der Waals surface area contributed by atoms with Crippen LogP contribution >= 0.6 is 0 Å². The van der Waals surface area contributed by atoms with E-state index in [2.05, 4.69) is 5.32 Å². The lowest BCUT2D eigenvalue weighted by Crippen LogP contribution is -2.31. The van der Waals surface area contributed by atoms with Crippen LogP contribution < -0.4 is 10.1 Å². The highest BCUT2D eigenvalue weighted by molar-refractivity contribution is 6.15. The zero-order chi connectivity index (χ0) is 32.1. The van der Waals surface area contributed by atoms with Crippen molar-refractivity contribution in [1.82, 2.24) is 10.2 Å². The van der Waals surface area contributed by atoms with Crippen molar-refractivity contribution < 1.29 is 33.8 Å². The van der Waals surface area contributed by atoms with Gasteiger partial charge in [-0.1, -0.05) is 54.6 Å². The Morgan fingerprint density at radius 3 is 2.33 bits per heavy atom. The monoisotopic (exact) mass is 607 g/mol. The summed E-state index contributed by atoms with van der Waals surface area (Å²) < 4.78 is 10.8. The molecule has 1 fully saturated rings. The zero-order valence-electron chi connectivity index (χ0n) is 24.9. The molecule has 1 aliphatic rings. The molecule has 4 aromatic rings. The van der Waals surface area contributed by atoms with Gasteiger partial charge in [0.2, 0.25) is 5.91 Å². The van der Waals surface area contributed by atoms with Gasteiger partial charge in [-0.15, -0.1) is 0 Å². The molecule has 10 heteroatoms. The fourth-order valence-electron chi connectivity index (χ4n) is 5.47. The van der Waals surface area contributed by atoms with Crippen LogP contribution in [0.4, 0.5) is 0 Å².